The second-order valence-corrected chi connectivity index (χ2v) is 7.66. The first kappa shape index (κ1) is 22.1. The molecule has 0 radical (unpaired) electrons. The van der Waals surface area contributed by atoms with Gasteiger partial charge in [-0.2, -0.15) is 0 Å². The van der Waals surface area contributed by atoms with E-state index in [1.54, 1.807) is 17.0 Å². The Labute approximate surface area is 193 Å². The van der Waals surface area contributed by atoms with E-state index >= 15 is 0 Å². The Balaban J connectivity index is 1.58. The number of anilines is 1. The number of amides is 2. The molecular weight excluding hydrogens is 416 g/mol. The summed E-state index contributed by atoms with van der Waals surface area (Å²) < 4.78 is 11.3. The molecule has 0 saturated carbocycles. The first-order chi connectivity index (χ1) is 16.1. The number of fused-ring (bicyclic) bond motifs is 1. The van der Waals surface area contributed by atoms with Gasteiger partial charge in [0.15, 0.2) is 11.5 Å². The third-order valence-electron chi connectivity index (χ3n) is 5.22. The quantitative estimate of drug-likeness (QED) is 0.587. The van der Waals surface area contributed by atoms with E-state index in [2.05, 4.69) is 5.32 Å². The van der Waals surface area contributed by atoms with Crippen molar-refractivity contribution in [1.29, 1.82) is 0 Å². The Morgan fingerprint density at radius 3 is 2.39 bits per heavy atom. The Hall–Kier alpha value is -4.06. The number of hydrogen-bond acceptors (Lipinski definition) is 4. The smallest absolute Gasteiger partial charge is 0.258 e. The number of nitrogens with one attached hydrogen (secondary N) is 1. The summed E-state index contributed by atoms with van der Waals surface area (Å²) in [5.41, 5.74) is 3.28. The van der Waals surface area contributed by atoms with E-state index < -0.39 is 0 Å². The highest BCUT2D eigenvalue weighted by Gasteiger charge is 2.20. The molecule has 0 spiro atoms. The van der Waals surface area contributed by atoms with Gasteiger partial charge in [0.25, 0.3) is 5.91 Å². The Bertz CT molecular complexity index is 1140. The van der Waals surface area contributed by atoms with Crippen molar-refractivity contribution in [1.82, 2.24) is 5.32 Å². The number of ether oxygens (including phenoxy) is 2. The van der Waals surface area contributed by atoms with Gasteiger partial charge in [-0.25, -0.2) is 0 Å². The molecule has 168 valence electrons. The van der Waals surface area contributed by atoms with Gasteiger partial charge in [0.1, 0.15) is 13.2 Å². The van der Waals surface area contributed by atoms with E-state index in [-0.39, 0.29) is 11.8 Å². The van der Waals surface area contributed by atoms with Crippen molar-refractivity contribution in [2.45, 2.75) is 13.5 Å². The molecule has 1 aliphatic rings. The highest BCUT2D eigenvalue weighted by Crippen LogP contribution is 2.34. The molecule has 6 nitrogen and oxygen atoms in total. The van der Waals surface area contributed by atoms with Crippen LogP contribution in [0, 0.1) is 0 Å². The molecule has 1 N–H and O–H groups in total. The highest BCUT2D eigenvalue weighted by atomic mass is 16.6. The molecule has 0 bridgehead atoms. The van der Waals surface area contributed by atoms with Gasteiger partial charge in [0, 0.05) is 37.3 Å². The lowest BCUT2D eigenvalue weighted by molar-refractivity contribution is -0.119. The van der Waals surface area contributed by atoms with Crippen LogP contribution in [0.25, 0.3) is 6.08 Å². The SMILES string of the molecule is CC(=O)NCc1ccc(C(=O)N(CC=Cc2ccccc2)c2ccc3c(c2)OCCO3)cc1. The second-order valence-electron chi connectivity index (χ2n) is 7.66. The summed E-state index contributed by atoms with van der Waals surface area (Å²) in [6, 6.07) is 22.8. The lowest BCUT2D eigenvalue weighted by atomic mass is 10.1. The molecule has 0 atom stereocenters. The molecule has 0 aromatic heterocycles. The van der Waals surface area contributed by atoms with Gasteiger partial charge in [-0.3, -0.25) is 9.59 Å². The van der Waals surface area contributed by atoms with Crippen LogP contribution >= 0.6 is 0 Å². The minimum atomic E-state index is -0.129. The topological polar surface area (TPSA) is 67.9 Å². The molecule has 2 amide bonds. The van der Waals surface area contributed by atoms with Crippen molar-refractivity contribution in [3.05, 3.63) is 95.6 Å². The number of carbonyl (C=O) groups excluding carboxylic acids is 2. The largest absolute Gasteiger partial charge is 0.486 e. The van der Waals surface area contributed by atoms with Crippen LogP contribution in [-0.2, 0) is 11.3 Å². The number of nitrogens with zero attached hydrogens (tertiary/aromatic N) is 1. The van der Waals surface area contributed by atoms with Crippen molar-refractivity contribution < 1.29 is 19.1 Å². The maximum Gasteiger partial charge on any atom is 0.258 e. The van der Waals surface area contributed by atoms with Crippen LogP contribution in [0.3, 0.4) is 0 Å². The molecular formula is C27H26N2O4. The predicted molar refractivity (Wildman–Crippen MR) is 129 cm³/mol. The maximum absolute atomic E-state index is 13.5. The second kappa shape index (κ2) is 10.5. The van der Waals surface area contributed by atoms with Crippen molar-refractivity contribution in [2.24, 2.45) is 0 Å². The lowest BCUT2D eigenvalue weighted by Crippen LogP contribution is -2.31. The first-order valence-corrected chi connectivity index (χ1v) is 10.9. The summed E-state index contributed by atoms with van der Waals surface area (Å²) >= 11 is 0. The summed E-state index contributed by atoms with van der Waals surface area (Å²) in [5, 5.41) is 2.76. The lowest BCUT2D eigenvalue weighted by Gasteiger charge is -2.25. The zero-order valence-corrected chi connectivity index (χ0v) is 18.5. The summed E-state index contributed by atoms with van der Waals surface area (Å²) in [6.45, 7) is 3.29. The minimum absolute atomic E-state index is 0.0925. The summed E-state index contributed by atoms with van der Waals surface area (Å²) in [7, 11) is 0. The van der Waals surface area contributed by atoms with Crippen LogP contribution in [-0.4, -0.2) is 31.6 Å². The zero-order valence-electron chi connectivity index (χ0n) is 18.5. The maximum atomic E-state index is 13.5. The molecule has 0 fully saturated rings. The number of benzene rings is 3. The fourth-order valence-corrected chi connectivity index (χ4v) is 3.51. The van der Waals surface area contributed by atoms with Gasteiger partial charge in [-0.1, -0.05) is 54.6 Å². The van der Waals surface area contributed by atoms with Crippen molar-refractivity contribution >= 4 is 23.6 Å². The van der Waals surface area contributed by atoms with Crippen LogP contribution in [0.15, 0.2) is 78.9 Å². The Morgan fingerprint density at radius 2 is 1.67 bits per heavy atom. The van der Waals surface area contributed by atoms with Gasteiger partial charge < -0.3 is 19.7 Å². The monoisotopic (exact) mass is 442 g/mol. The summed E-state index contributed by atoms with van der Waals surface area (Å²) in [4.78, 5) is 26.3. The fraction of sp³-hybridized carbons (Fsp3) is 0.185. The molecule has 0 saturated heterocycles. The molecule has 4 rings (SSSR count). The molecule has 3 aromatic carbocycles. The number of carbonyl (C=O) groups is 2. The van der Waals surface area contributed by atoms with Crippen molar-refractivity contribution in [3.63, 3.8) is 0 Å². The summed E-state index contributed by atoms with van der Waals surface area (Å²) in [6.07, 6.45) is 3.96. The van der Waals surface area contributed by atoms with E-state index in [1.807, 2.05) is 72.8 Å². The molecule has 0 unspecified atom stereocenters. The van der Waals surface area contributed by atoms with Crippen molar-refractivity contribution in [2.75, 3.05) is 24.7 Å². The average molecular weight is 443 g/mol. The van der Waals surface area contributed by atoms with E-state index in [0.717, 1.165) is 16.8 Å². The number of hydrogen-bond donors (Lipinski definition) is 1. The molecule has 33 heavy (non-hydrogen) atoms. The van der Waals surface area contributed by atoms with Crippen LogP contribution in [0.4, 0.5) is 5.69 Å². The van der Waals surface area contributed by atoms with E-state index in [4.69, 9.17) is 9.47 Å². The van der Waals surface area contributed by atoms with Crippen LogP contribution in [0.1, 0.15) is 28.4 Å². The molecule has 1 aliphatic heterocycles. The fourth-order valence-electron chi connectivity index (χ4n) is 3.51. The zero-order chi connectivity index (χ0) is 23.0. The first-order valence-electron chi connectivity index (χ1n) is 10.9. The molecule has 6 heteroatoms. The average Bonchev–Trinajstić information content (AvgIpc) is 2.86. The third-order valence-corrected chi connectivity index (χ3v) is 5.22. The van der Waals surface area contributed by atoms with E-state index in [1.165, 1.54) is 6.92 Å². The van der Waals surface area contributed by atoms with Crippen LogP contribution < -0.4 is 19.7 Å². The minimum Gasteiger partial charge on any atom is -0.486 e. The standard InChI is InChI=1S/C27H26N2O4/c1-20(30)28-19-22-9-11-23(12-10-22)27(31)29(15-5-8-21-6-3-2-4-7-21)24-13-14-25-26(18-24)33-17-16-32-25/h2-14,18H,15-17,19H2,1H3,(H,28,30). The summed E-state index contributed by atoms with van der Waals surface area (Å²) in [5.74, 6) is 1.09. The van der Waals surface area contributed by atoms with Gasteiger partial charge >= 0.3 is 0 Å². The van der Waals surface area contributed by atoms with Gasteiger partial charge in [0.2, 0.25) is 5.91 Å². The highest BCUT2D eigenvalue weighted by molar-refractivity contribution is 6.06. The van der Waals surface area contributed by atoms with Crippen LogP contribution in [0.5, 0.6) is 11.5 Å². The van der Waals surface area contributed by atoms with Gasteiger partial charge in [0.05, 0.1) is 0 Å². The normalized spacial score (nSPS) is 12.4. The predicted octanol–water partition coefficient (Wildman–Crippen LogP) is 4.45. The van der Waals surface area contributed by atoms with Crippen molar-refractivity contribution in [3.8, 4) is 11.5 Å². The molecule has 3 aromatic rings. The Kier molecular flexibility index (Phi) is 7.05. The third kappa shape index (κ3) is 5.80. The van der Waals surface area contributed by atoms with E-state index in [9.17, 15) is 9.59 Å². The van der Waals surface area contributed by atoms with Crippen LogP contribution in [0.2, 0.25) is 0 Å². The van der Waals surface area contributed by atoms with E-state index in [0.29, 0.717) is 43.4 Å². The molecule has 1 heterocycles. The number of rotatable bonds is 7. The molecule has 0 aliphatic carbocycles. The van der Waals surface area contributed by atoms with Gasteiger partial charge in [-0.05, 0) is 35.4 Å². The van der Waals surface area contributed by atoms with Gasteiger partial charge in [-0.15, -0.1) is 0 Å². The Morgan fingerprint density at radius 1 is 0.939 bits per heavy atom.